The summed E-state index contributed by atoms with van der Waals surface area (Å²) in [4.78, 5) is 2.41. The van der Waals surface area contributed by atoms with Crippen molar-refractivity contribution < 1.29 is 9.84 Å². The molecule has 0 radical (unpaired) electrons. The molecule has 134 valence electrons. The van der Waals surface area contributed by atoms with E-state index in [1.807, 2.05) is 24.3 Å². The molecule has 4 heteroatoms. The zero-order valence-corrected chi connectivity index (χ0v) is 15.1. The van der Waals surface area contributed by atoms with Gasteiger partial charge in [-0.25, -0.2) is 0 Å². The zero-order chi connectivity index (χ0) is 17.6. The number of rotatable bonds is 6. The fourth-order valence-electron chi connectivity index (χ4n) is 3.63. The van der Waals surface area contributed by atoms with E-state index in [-0.39, 0.29) is 12.6 Å². The maximum Gasteiger partial charge on any atom is 0.142 e. The van der Waals surface area contributed by atoms with E-state index in [0.717, 1.165) is 24.4 Å². The molecule has 0 spiro atoms. The standard InChI is InChI=1S/C21H28N2O2/c1-16(18-8-5-7-17(13-18)15-24)22-19-9-6-12-23(14-19)20-10-3-4-11-21(20)25-2/h3-5,7-8,10-11,13,16,19,22,24H,6,9,12,14-15H2,1-2H3. The van der Waals surface area contributed by atoms with Crippen molar-refractivity contribution in [2.75, 3.05) is 25.1 Å². The van der Waals surface area contributed by atoms with Crippen LogP contribution in [0.2, 0.25) is 0 Å². The predicted octanol–water partition coefficient (Wildman–Crippen LogP) is 3.51. The lowest BCUT2D eigenvalue weighted by molar-refractivity contribution is 0.281. The molecule has 1 fully saturated rings. The van der Waals surface area contributed by atoms with Crippen LogP contribution in [0, 0.1) is 0 Å². The number of para-hydroxylation sites is 2. The van der Waals surface area contributed by atoms with Crippen molar-refractivity contribution in [3.05, 3.63) is 59.7 Å². The average Bonchev–Trinajstić information content (AvgIpc) is 2.68. The van der Waals surface area contributed by atoms with Crippen molar-refractivity contribution in [1.29, 1.82) is 0 Å². The van der Waals surface area contributed by atoms with Gasteiger partial charge in [0.1, 0.15) is 5.75 Å². The molecule has 4 nitrogen and oxygen atoms in total. The van der Waals surface area contributed by atoms with Gasteiger partial charge in [-0.2, -0.15) is 0 Å². The molecule has 2 aromatic carbocycles. The van der Waals surface area contributed by atoms with Gasteiger partial charge in [-0.05, 0) is 43.0 Å². The van der Waals surface area contributed by atoms with Crippen molar-refractivity contribution in [2.45, 2.75) is 38.5 Å². The van der Waals surface area contributed by atoms with Crippen LogP contribution in [0.25, 0.3) is 0 Å². The number of nitrogens with zero attached hydrogens (tertiary/aromatic N) is 1. The number of hydrogen-bond donors (Lipinski definition) is 2. The Morgan fingerprint density at radius 1 is 1.24 bits per heavy atom. The van der Waals surface area contributed by atoms with Crippen molar-refractivity contribution >= 4 is 5.69 Å². The Hall–Kier alpha value is -2.04. The summed E-state index contributed by atoms with van der Waals surface area (Å²) in [6.45, 7) is 4.32. The van der Waals surface area contributed by atoms with Gasteiger partial charge in [0.15, 0.2) is 0 Å². The minimum Gasteiger partial charge on any atom is -0.495 e. The molecular weight excluding hydrogens is 312 g/mol. The Morgan fingerprint density at radius 2 is 2.08 bits per heavy atom. The number of aliphatic hydroxyl groups is 1. The number of aliphatic hydroxyl groups excluding tert-OH is 1. The topological polar surface area (TPSA) is 44.7 Å². The van der Waals surface area contributed by atoms with Crippen LogP contribution < -0.4 is 15.0 Å². The summed E-state index contributed by atoms with van der Waals surface area (Å²) >= 11 is 0. The highest BCUT2D eigenvalue weighted by molar-refractivity contribution is 5.58. The lowest BCUT2D eigenvalue weighted by Crippen LogP contribution is -2.46. The summed E-state index contributed by atoms with van der Waals surface area (Å²) in [5.74, 6) is 0.937. The summed E-state index contributed by atoms with van der Waals surface area (Å²) in [5, 5.41) is 13.1. The Bertz CT molecular complexity index is 689. The van der Waals surface area contributed by atoms with Gasteiger partial charge in [0.05, 0.1) is 19.4 Å². The van der Waals surface area contributed by atoms with Gasteiger partial charge < -0.3 is 20.1 Å². The molecule has 1 saturated heterocycles. The SMILES string of the molecule is COc1ccccc1N1CCCC(NC(C)c2cccc(CO)c2)C1. The predicted molar refractivity (Wildman–Crippen MR) is 102 cm³/mol. The largest absolute Gasteiger partial charge is 0.495 e. The molecule has 1 aliphatic heterocycles. The van der Waals surface area contributed by atoms with Crippen LogP contribution in [-0.2, 0) is 6.61 Å². The first kappa shape index (κ1) is 17.8. The van der Waals surface area contributed by atoms with Crippen LogP contribution in [0.15, 0.2) is 48.5 Å². The van der Waals surface area contributed by atoms with Crippen LogP contribution in [-0.4, -0.2) is 31.3 Å². The highest BCUT2D eigenvalue weighted by atomic mass is 16.5. The number of anilines is 1. The Kier molecular flexibility index (Phi) is 5.95. The number of benzene rings is 2. The van der Waals surface area contributed by atoms with Crippen molar-refractivity contribution in [3.8, 4) is 5.75 Å². The number of methoxy groups -OCH3 is 1. The van der Waals surface area contributed by atoms with Gasteiger partial charge in [-0.1, -0.05) is 36.4 Å². The third kappa shape index (κ3) is 4.33. The van der Waals surface area contributed by atoms with E-state index in [1.54, 1.807) is 7.11 Å². The minimum absolute atomic E-state index is 0.0889. The van der Waals surface area contributed by atoms with Gasteiger partial charge in [0.2, 0.25) is 0 Å². The second kappa shape index (κ2) is 8.37. The smallest absolute Gasteiger partial charge is 0.142 e. The normalized spacial score (nSPS) is 18.8. The van der Waals surface area contributed by atoms with Crippen molar-refractivity contribution in [3.63, 3.8) is 0 Å². The van der Waals surface area contributed by atoms with Crippen LogP contribution in [0.4, 0.5) is 5.69 Å². The summed E-state index contributed by atoms with van der Waals surface area (Å²) in [6, 6.07) is 17.1. The fourth-order valence-corrected chi connectivity index (χ4v) is 3.63. The monoisotopic (exact) mass is 340 g/mol. The number of ether oxygens (including phenoxy) is 1. The van der Waals surface area contributed by atoms with Crippen LogP contribution in [0.1, 0.15) is 36.9 Å². The molecule has 0 aromatic heterocycles. The van der Waals surface area contributed by atoms with Gasteiger partial charge >= 0.3 is 0 Å². The molecule has 2 N–H and O–H groups in total. The molecule has 3 rings (SSSR count). The van der Waals surface area contributed by atoms with Crippen LogP contribution in [0.3, 0.4) is 0 Å². The Labute approximate surface area is 150 Å². The Morgan fingerprint density at radius 3 is 2.88 bits per heavy atom. The molecule has 1 heterocycles. The van der Waals surface area contributed by atoms with E-state index in [0.29, 0.717) is 6.04 Å². The lowest BCUT2D eigenvalue weighted by Gasteiger charge is -2.37. The number of piperidine rings is 1. The molecule has 2 atom stereocenters. The lowest BCUT2D eigenvalue weighted by atomic mass is 10.0. The van der Waals surface area contributed by atoms with Gasteiger partial charge in [-0.15, -0.1) is 0 Å². The van der Waals surface area contributed by atoms with Gasteiger partial charge in [0, 0.05) is 25.2 Å². The third-order valence-electron chi connectivity index (χ3n) is 4.97. The second-order valence-electron chi connectivity index (χ2n) is 6.75. The van der Waals surface area contributed by atoms with Crippen LogP contribution >= 0.6 is 0 Å². The van der Waals surface area contributed by atoms with Crippen molar-refractivity contribution in [1.82, 2.24) is 5.32 Å². The van der Waals surface area contributed by atoms with E-state index < -0.39 is 0 Å². The molecule has 0 amide bonds. The highest BCUT2D eigenvalue weighted by Crippen LogP contribution is 2.30. The highest BCUT2D eigenvalue weighted by Gasteiger charge is 2.23. The second-order valence-corrected chi connectivity index (χ2v) is 6.75. The molecule has 2 aromatic rings. The maximum atomic E-state index is 9.34. The first-order valence-electron chi connectivity index (χ1n) is 9.05. The van der Waals surface area contributed by atoms with E-state index in [1.165, 1.54) is 24.1 Å². The maximum absolute atomic E-state index is 9.34. The molecule has 0 saturated carbocycles. The first-order chi connectivity index (χ1) is 12.2. The molecule has 1 aliphatic rings. The molecule has 0 aliphatic carbocycles. The van der Waals surface area contributed by atoms with E-state index in [4.69, 9.17) is 4.74 Å². The summed E-state index contributed by atoms with van der Waals surface area (Å²) in [5.41, 5.74) is 3.36. The minimum atomic E-state index is 0.0889. The van der Waals surface area contributed by atoms with E-state index in [9.17, 15) is 5.11 Å². The third-order valence-corrected chi connectivity index (χ3v) is 4.97. The number of nitrogens with one attached hydrogen (secondary N) is 1. The molecule has 2 unspecified atom stereocenters. The number of hydrogen-bond acceptors (Lipinski definition) is 4. The quantitative estimate of drug-likeness (QED) is 0.845. The zero-order valence-electron chi connectivity index (χ0n) is 15.1. The molecule has 25 heavy (non-hydrogen) atoms. The van der Waals surface area contributed by atoms with Gasteiger partial charge in [-0.3, -0.25) is 0 Å². The summed E-state index contributed by atoms with van der Waals surface area (Å²) in [7, 11) is 1.73. The van der Waals surface area contributed by atoms with Gasteiger partial charge in [0.25, 0.3) is 0 Å². The first-order valence-corrected chi connectivity index (χ1v) is 9.05. The van der Waals surface area contributed by atoms with E-state index in [2.05, 4.69) is 41.4 Å². The average molecular weight is 340 g/mol. The fraction of sp³-hybridized carbons (Fsp3) is 0.429. The van der Waals surface area contributed by atoms with Crippen LogP contribution in [0.5, 0.6) is 5.75 Å². The summed E-state index contributed by atoms with van der Waals surface area (Å²) in [6.07, 6.45) is 2.34. The molecular formula is C21H28N2O2. The van der Waals surface area contributed by atoms with Crippen molar-refractivity contribution in [2.24, 2.45) is 0 Å². The van der Waals surface area contributed by atoms with E-state index >= 15 is 0 Å². The summed E-state index contributed by atoms with van der Waals surface area (Å²) < 4.78 is 5.52. The molecule has 0 bridgehead atoms. The Balaban J connectivity index is 1.67.